The molecule has 0 aliphatic carbocycles. The Bertz CT molecular complexity index is 1460. The smallest absolute Gasteiger partial charge is 0.264 e. The molecule has 3 aromatic rings. The fraction of sp³-hybridized carbons (Fsp3) is 0.375. The second kappa shape index (κ2) is 14.7. The van der Waals surface area contributed by atoms with Gasteiger partial charge in [0, 0.05) is 18.7 Å². The number of carbonyl (C=O) groups excluding carboxylic acids is 2. The highest BCUT2D eigenvalue weighted by atomic mass is 32.2. The van der Waals surface area contributed by atoms with Crippen LogP contribution in [-0.2, 0) is 26.2 Å². The maximum absolute atomic E-state index is 14.2. The molecule has 226 valence electrons. The molecule has 0 aliphatic heterocycles. The monoisotopic (exact) mass is 595 g/mol. The van der Waals surface area contributed by atoms with Crippen LogP contribution in [-0.4, -0.2) is 58.0 Å². The molecule has 0 spiro atoms. The molecule has 3 aromatic carbocycles. The Morgan fingerprint density at radius 3 is 2.10 bits per heavy atom. The number of benzene rings is 3. The van der Waals surface area contributed by atoms with Crippen LogP contribution in [0.2, 0.25) is 0 Å². The van der Waals surface area contributed by atoms with E-state index < -0.39 is 28.5 Å². The Morgan fingerprint density at radius 1 is 0.881 bits per heavy atom. The molecule has 9 nitrogen and oxygen atoms in total. The summed E-state index contributed by atoms with van der Waals surface area (Å²) in [5, 5.41) is 2.98. The third-order valence-electron chi connectivity index (χ3n) is 7.10. The van der Waals surface area contributed by atoms with Gasteiger partial charge in [-0.2, -0.15) is 0 Å². The van der Waals surface area contributed by atoms with Gasteiger partial charge in [0.2, 0.25) is 11.8 Å². The summed E-state index contributed by atoms with van der Waals surface area (Å²) >= 11 is 0. The van der Waals surface area contributed by atoms with Crippen molar-refractivity contribution in [2.75, 3.05) is 25.1 Å². The number of methoxy groups -OCH3 is 2. The lowest BCUT2D eigenvalue weighted by atomic mass is 10.1. The highest BCUT2D eigenvalue weighted by Gasteiger charge is 2.34. The normalized spacial score (nSPS) is 12.6. The second-order valence-corrected chi connectivity index (χ2v) is 12.0. The summed E-state index contributed by atoms with van der Waals surface area (Å²) in [6.45, 7) is 7.12. The van der Waals surface area contributed by atoms with Crippen LogP contribution >= 0.6 is 0 Å². The number of nitrogens with zero attached hydrogens (tertiary/aromatic N) is 2. The Kier molecular flexibility index (Phi) is 11.4. The summed E-state index contributed by atoms with van der Waals surface area (Å²) < 4.78 is 39.8. The van der Waals surface area contributed by atoms with Crippen LogP contribution < -0.4 is 19.1 Å². The van der Waals surface area contributed by atoms with E-state index in [9.17, 15) is 18.0 Å². The number of ether oxygens (including phenoxy) is 2. The zero-order chi connectivity index (χ0) is 30.9. The van der Waals surface area contributed by atoms with Gasteiger partial charge >= 0.3 is 0 Å². The topological polar surface area (TPSA) is 105 Å². The van der Waals surface area contributed by atoms with Crippen molar-refractivity contribution in [1.29, 1.82) is 0 Å². The van der Waals surface area contributed by atoms with Crippen molar-refractivity contribution in [2.24, 2.45) is 0 Å². The maximum Gasteiger partial charge on any atom is 0.264 e. The van der Waals surface area contributed by atoms with Crippen molar-refractivity contribution in [3.8, 4) is 11.5 Å². The number of anilines is 1. The van der Waals surface area contributed by atoms with Gasteiger partial charge in [0.25, 0.3) is 10.0 Å². The minimum atomic E-state index is -4.17. The molecule has 2 amide bonds. The Labute approximate surface area is 249 Å². The van der Waals surface area contributed by atoms with Gasteiger partial charge in [-0.3, -0.25) is 13.9 Å². The van der Waals surface area contributed by atoms with Crippen LogP contribution in [0.25, 0.3) is 0 Å². The van der Waals surface area contributed by atoms with E-state index in [1.807, 2.05) is 33.8 Å². The van der Waals surface area contributed by atoms with E-state index in [4.69, 9.17) is 9.47 Å². The van der Waals surface area contributed by atoms with Crippen molar-refractivity contribution in [1.82, 2.24) is 10.2 Å². The van der Waals surface area contributed by atoms with Crippen LogP contribution in [0, 0.1) is 6.92 Å². The molecule has 0 bridgehead atoms. The van der Waals surface area contributed by atoms with Crippen molar-refractivity contribution in [2.45, 2.75) is 64.1 Å². The van der Waals surface area contributed by atoms with E-state index in [0.29, 0.717) is 17.9 Å². The van der Waals surface area contributed by atoms with Gasteiger partial charge in [-0.05, 0) is 68.7 Å². The molecule has 1 N–H and O–H groups in total. The summed E-state index contributed by atoms with van der Waals surface area (Å²) in [6.07, 6.45) is 1.06. The number of rotatable bonds is 14. The highest BCUT2D eigenvalue weighted by Crippen LogP contribution is 2.28. The van der Waals surface area contributed by atoms with Crippen LogP contribution in [0.3, 0.4) is 0 Å². The van der Waals surface area contributed by atoms with E-state index in [0.717, 1.165) is 21.9 Å². The summed E-state index contributed by atoms with van der Waals surface area (Å²) in [7, 11) is -1.13. The summed E-state index contributed by atoms with van der Waals surface area (Å²) in [5.41, 5.74) is 1.91. The standard InChI is InChI=1S/C32H41N3O6S/c1-7-24(4)33-32(37)30(8-2)34(21-25-11-9-13-27(19-25)40-5)31(36)22-35(26-12-10-14-28(20-26)41-6)42(38,39)29-17-15-23(3)16-18-29/h9-20,24,30H,7-8,21-22H2,1-6H3,(H,33,37)/t24-,30+/m0/s1. The molecule has 0 saturated heterocycles. The fourth-order valence-corrected chi connectivity index (χ4v) is 5.87. The zero-order valence-corrected chi connectivity index (χ0v) is 26.0. The molecule has 3 rings (SSSR count). The third kappa shape index (κ3) is 8.03. The van der Waals surface area contributed by atoms with Gasteiger partial charge in [-0.15, -0.1) is 0 Å². The molecule has 0 aromatic heterocycles. The molecule has 0 saturated carbocycles. The molecule has 10 heteroatoms. The van der Waals surface area contributed by atoms with E-state index in [1.54, 1.807) is 61.7 Å². The number of aryl methyl sites for hydroxylation is 1. The van der Waals surface area contributed by atoms with Gasteiger partial charge < -0.3 is 19.7 Å². The number of sulfonamides is 1. The van der Waals surface area contributed by atoms with Crippen molar-refractivity contribution in [3.63, 3.8) is 0 Å². The number of hydrogen-bond acceptors (Lipinski definition) is 6. The molecule has 0 unspecified atom stereocenters. The first-order valence-corrected chi connectivity index (χ1v) is 15.4. The first-order chi connectivity index (χ1) is 20.0. The molecule has 0 heterocycles. The molecule has 0 radical (unpaired) electrons. The molecule has 2 atom stereocenters. The van der Waals surface area contributed by atoms with Crippen LogP contribution in [0.5, 0.6) is 11.5 Å². The third-order valence-corrected chi connectivity index (χ3v) is 8.89. The minimum Gasteiger partial charge on any atom is -0.497 e. The zero-order valence-electron chi connectivity index (χ0n) is 25.2. The first-order valence-electron chi connectivity index (χ1n) is 14.0. The lowest BCUT2D eigenvalue weighted by molar-refractivity contribution is -0.140. The lowest BCUT2D eigenvalue weighted by Crippen LogP contribution is -2.53. The van der Waals surface area contributed by atoms with Gasteiger partial charge in [-0.1, -0.05) is 49.7 Å². The van der Waals surface area contributed by atoms with E-state index in [2.05, 4.69) is 5.32 Å². The fourth-order valence-electron chi connectivity index (χ4n) is 4.46. The quantitative estimate of drug-likeness (QED) is 0.283. The average molecular weight is 596 g/mol. The largest absolute Gasteiger partial charge is 0.497 e. The van der Waals surface area contributed by atoms with Gasteiger partial charge in [0.05, 0.1) is 24.8 Å². The molecular formula is C32H41N3O6S. The average Bonchev–Trinajstić information content (AvgIpc) is 2.99. The number of nitrogens with one attached hydrogen (secondary N) is 1. The first kappa shape index (κ1) is 32.5. The van der Waals surface area contributed by atoms with Gasteiger partial charge in [0.1, 0.15) is 24.1 Å². The number of amides is 2. The SMILES string of the molecule is CC[C@H](C(=O)N[C@@H](C)CC)N(Cc1cccc(OC)c1)C(=O)CN(c1cccc(OC)c1)S(=O)(=O)c1ccc(C)cc1. The molecular weight excluding hydrogens is 554 g/mol. The predicted octanol–water partition coefficient (Wildman–Crippen LogP) is 4.93. The van der Waals surface area contributed by atoms with Gasteiger partial charge in [0.15, 0.2) is 0 Å². The number of hydrogen-bond donors (Lipinski definition) is 1. The van der Waals surface area contributed by atoms with Crippen LogP contribution in [0.4, 0.5) is 5.69 Å². The Hall–Kier alpha value is -4.05. The molecule has 42 heavy (non-hydrogen) atoms. The molecule has 0 aliphatic rings. The van der Waals surface area contributed by atoms with E-state index >= 15 is 0 Å². The van der Waals surface area contributed by atoms with E-state index in [1.165, 1.54) is 24.1 Å². The van der Waals surface area contributed by atoms with Crippen molar-refractivity contribution in [3.05, 3.63) is 83.9 Å². The number of carbonyl (C=O) groups is 2. The lowest BCUT2D eigenvalue weighted by Gasteiger charge is -2.33. The Balaban J connectivity index is 2.09. The van der Waals surface area contributed by atoms with Crippen molar-refractivity contribution < 1.29 is 27.5 Å². The minimum absolute atomic E-state index is 0.0459. The summed E-state index contributed by atoms with van der Waals surface area (Å²) in [4.78, 5) is 29.1. The van der Waals surface area contributed by atoms with Crippen LogP contribution in [0.15, 0.2) is 77.7 Å². The van der Waals surface area contributed by atoms with E-state index in [-0.39, 0.29) is 29.1 Å². The Morgan fingerprint density at radius 2 is 1.50 bits per heavy atom. The maximum atomic E-state index is 14.2. The summed E-state index contributed by atoms with van der Waals surface area (Å²) in [5.74, 6) is 0.230. The summed E-state index contributed by atoms with van der Waals surface area (Å²) in [6, 6.07) is 19.3. The highest BCUT2D eigenvalue weighted by molar-refractivity contribution is 7.92. The second-order valence-electron chi connectivity index (χ2n) is 10.1. The predicted molar refractivity (Wildman–Crippen MR) is 164 cm³/mol. The molecule has 0 fully saturated rings. The van der Waals surface area contributed by atoms with Crippen molar-refractivity contribution >= 4 is 27.5 Å². The van der Waals surface area contributed by atoms with Gasteiger partial charge in [-0.25, -0.2) is 8.42 Å². The van der Waals surface area contributed by atoms with Crippen LogP contribution in [0.1, 0.15) is 44.7 Å².